The van der Waals surface area contributed by atoms with Crippen molar-refractivity contribution in [3.8, 4) is 0 Å². The topological polar surface area (TPSA) is 538 Å². The fraction of sp³-hybridized carbons (Fsp3) is 0.617. The van der Waals surface area contributed by atoms with Crippen molar-refractivity contribution in [2.75, 3.05) is 59.5 Å². The van der Waals surface area contributed by atoms with Crippen LogP contribution in [0.4, 0.5) is 4.79 Å². The van der Waals surface area contributed by atoms with E-state index in [2.05, 4.69) is 86.6 Å². The second-order valence-corrected chi connectivity index (χ2v) is 31.9. The normalized spacial score (nSPS) is 15.3. The Morgan fingerprint density at radius 2 is 1.25 bits per heavy atom. The third-order valence-corrected chi connectivity index (χ3v) is 19.8. The zero-order chi connectivity index (χ0) is 87.8. The van der Waals surface area contributed by atoms with Crippen molar-refractivity contribution in [2.24, 2.45) is 11.1 Å². The summed E-state index contributed by atoms with van der Waals surface area (Å²) >= 11 is 1.32. The molecule has 13 amide bonds. The summed E-state index contributed by atoms with van der Waals surface area (Å²) in [6.07, 6.45) is 14.9. The molecule has 0 spiro atoms. The van der Waals surface area contributed by atoms with Crippen LogP contribution in [0.5, 0.6) is 0 Å². The maximum Gasteiger partial charge on any atom is 0.409 e. The van der Waals surface area contributed by atoms with Gasteiger partial charge in [-0.05, 0) is 182 Å². The van der Waals surface area contributed by atoms with Crippen LogP contribution in [0.1, 0.15) is 199 Å². The summed E-state index contributed by atoms with van der Waals surface area (Å²) in [6.45, 7) is 12.6. The highest BCUT2D eigenvalue weighted by atomic mass is 32.1. The molecule has 2 aromatic rings. The number of nitrogens with one attached hydrogen (secondary N) is 14. The number of nitrogens with zero attached hydrogens (tertiary/aromatic N) is 1. The molecule has 10 atom stereocenters. The summed E-state index contributed by atoms with van der Waals surface area (Å²) in [5.41, 5.74) is 2.82. The number of thiophene rings is 1. The number of carboxylic acid groups (broad SMARTS) is 1. The molecule has 37 heteroatoms. The number of aliphatic hydroxyl groups is 1. The lowest BCUT2D eigenvalue weighted by Crippen LogP contribution is -2.63. The van der Waals surface area contributed by atoms with E-state index in [1.165, 1.54) is 82.2 Å². The molecule has 0 saturated carbocycles. The number of aliphatic hydroxyl groups excluding tert-OH is 1. The minimum Gasteiger partial charge on any atom is -0.478 e. The minimum absolute atomic E-state index is 0.00449. The number of amides is 13. The van der Waals surface area contributed by atoms with E-state index in [1.807, 2.05) is 32.9 Å². The van der Waals surface area contributed by atoms with Gasteiger partial charge in [-0.3, -0.25) is 62.9 Å². The van der Waals surface area contributed by atoms with Crippen molar-refractivity contribution in [3.05, 3.63) is 82.1 Å². The molecule has 1 fully saturated rings. The Morgan fingerprint density at radius 3 is 1.86 bits per heavy atom. The van der Waals surface area contributed by atoms with Crippen LogP contribution >= 0.6 is 11.3 Å². The van der Waals surface area contributed by atoms with Crippen LogP contribution in [-0.2, 0) is 89.5 Å². The predicted molar refractivity (Wildman–Crippen MR) is 440 cm³/mol. The number of nitrogens with two attached hydrogens (primary N) is 1. The van der Waals surface area contributed by atoms with Crippen molar-refractivity contribution in [1.29, 1.82) is 0 Å². The number of carbonyl (C=O) groups is 17. The molecule has 36 nitrogen and oxygen atoms in total. The Morgan fingerprint density at radius 1 is 0.644 bits per heavy atom. The average molecular weight is 1680 g/mol. The predicted octanol–water partition coefficient (Wildman–Crippen LogP) is 0.857. The summed E-state index contributed by atoms with van der Waals surface area (Å²) in [4.78, 5) is 220. The molecular weight excluding hydrogens is 1550 g/mol. The van der Waals surface area contributed by atoms with Gasteiger partial charge in [0.05, 0.1) is 55.5 Å². The molecule has 1 aromatic heterocycles. The number of aromatic carboxylic acids is 1. The van der Waals surface area contributed by atoms with Gasteiger partial charge < -0.3 is 109 Å². The molecule has 656 valence electrons. The van der Waals surface area contributed by atoms with Crippen LogP contribution in [0.25, 0.3) is 0 Å². The molecule has 0 radical (unpaired) electrons. The number of carbonyl (C=O) groups excluding carboxylic acids is 16. The lowest BCUT2D eigenvalue weighted by molar-refractivity contribution is -0.137. The van der Waals surface area contributed by atoms with Crippen LogP contribution in [-0.4, -0.2) is 242 Å². The number of ether oxygens (including phenoxy) is 1. The van der Waals surface area contributed by atoms with Gasteiger partial charge in [-0.2, -0.15) is 11.3 Å². The highest BCUT2D eigenvalue weighted by molar-refractivity contribution is 7.08. The first kappa shape index (κ1) is 102. The Balaban J connectivity index is 1.75. The molecule has 1 aliphatic rings. The molecule has 9 unspecified atom stereocenters. The average Bonchev–Trinajstić information content (AvgIpc) is 0.982. The molecule has 3 rings (SSSR count). The quantitative estimate of drug-likeness (QED) is 0.0189. The lowest BCUT2D eigenvalue weighted by Gasteiger charge is -2.37. The number of unbranched alkanes of at least 4 members (excludes halogenated alkanes) is 6. The molecule has 2 heterocycles. The van der Waals surface area contributed by atoms with Gasteiger partial charge in [0.25, 0.3) is 0 Å². The first-order valence-electron chi connectivity index (χ1n) is 40.2. The van der Waals surface area contributed by atoms with Crippen LogP contribution in [0.3, 0.4) is 0 Å². The van der Waals surface area contributed by atoms with E-state index in [1.54, 1.807) is 16.8 Å². The summed E-state index contributed by atoms with van der Waals surface area (Å²) < 4.78 is 5.65. The number of allylic oxidation sites excluding steroid dienone is 4. The van der Waals surface area contributed by atoms with E-state index < -0.39 is 149 Å². The highest BCUT2D eigenvalue weighted by Gasteiger charge is 2.39. The van der Waals surface area contributed by atoms with Gasteiger partial charge in [-0.15, -0.1) is 0 Å². The maximum absolute atomic E-state index is 14.6. The number of likely N-dealkylation sites (N-methyl/N-ethyl adjacent to an activating group) is 1. The largest absolute Gasteiger partial charge is 0.478 e. The summed E-state index contributed by atoms with van der Waals surface area (Å²) in [7, 11) is 1.43. The Kier molecular flexibility index (Phi) is 47.1. The molecule has 0 aliphatic carbocycles. The van der Waals surface area contributed by atoms with Gasteiger partial charge in [-0.1, -0.05) is 57.2 Å². The van der Waals surface area contributed by atoms with Crippen molar-refractivity contribution in [3.63, 3.8) is 0 Å². The van der Waals surface area contributed by atoms with Gasteiger partial charge in [0, 0.05) is 71.8 Å². The molecule has 118 heavy (non-hydrogen) atoms. The molecule has 1 aliphatic heterocycles. The van der Waals surface area contributed by atoms with Gasteiger partial charge >= 0.3 is 12.1 Å². The maximum atomic E-state index is 14.6. The number of hydrogen-bond acceptors (Lipinski definition) is 23. The van der Waals surface area contributed by atoms with Gasteiger partial charge in [0.1, 0.15) is 54.8 Å². The van der Waals surface area contributed by atoms with Crippen molar-refractivity contribution < 1.29 is 96.5 Å². The van der Waals surface area contributed by atoms with Crippen LogP contribution in [0, 0.1) is 5.41 Å². The van der Waals surface area contributed by atoms with E-state index in [9.17, 15) is 91.7 Å². The minimum atomic E-state index is -1.80. The summed E-state index contributed by atoms with van der Waals surface area (Å²) in [5.74, 6) is -8.71. The molecule has 0 bridgehead atoms. The van der Waals surface area contributed by atoms with Crippen molar-refractivity contribution in [1.82, 2.24) is 79.3 Å². The number of likely N-dealkylation sites (tertiary alicyclic amines) is 1. The highest BCUT2D eigenvalue weighted by Crippen LogP contribution is 2.26. The zero-order valence-electron chi connectivity index (χ0n) is 69.5. The SMILES string of the molecule is CNC(CC=O)C(=O)NC(Cc1cccc(C(=O)O)c1)C(=O)NC(C)(C)C(=O)NC(C)C(=O)NC(Cc1ccsc1)C(=O)NC(CCCCNC(=O)CCC(C=O)NC(=O)CNC(=O)CN)C(=O)NC1CCN(C(=O)OCCC/C=C/CCCC(C=O)(CCC/C=C/CCCCNC(C)=O)NC(O)[C@H](CC(C)(C)C)NC(=O)CNC(C)=O)C1. The zero-order valence-corrected chi connectivity index (χ0v) is 70.3. The number of rotatable bonds is 58. The Labute approximate surface area is 694 Å². The van der Waals surface area contributed by atoms with E-state index in [-0.39, 0.29) is 108 Å². The van der Waals surface area contributed by atoms with E-state index >= 15 is 0 Å². The molecule has 1 saturated heterocycles. The summed E-state index contributed by atoms with van der Waals surface area (Å²) in [5, 5.41) is 62.4. The summed E-state index contributed by atoms with van der Waals surface area (Å²) in [6, 6.07) is -1.55. The first-order chi connectivity index (χ1) is 56.0. The van der Waals surface area contributed by atoms with Gasteiger partial charge in [0.15, 0.2) is 0 Å². The number of hydrogen-bond donors (Lipinski definition) is 17. The molecule has 1 aromatic carbocycles. The second-order valence-electron chi connectivity index (χ2n) is 31.1. The molecular formula is C81H126N16O20S. The Bertz CT molecular complexity index is 3690. The van der Waals surface area contributed by atoms with Gasteiger partial charge in [-0.25, -0.2) is 9.59 Å². The van der Waals surface area contributed by atoms with E-state index in [0.29, 0.717) is 94.5 Å². The number of carboxylic acids is 1. The monoisotopic (exact) mass is 1670 g/mol. The van der Waals surface area contributed by atoms with Crippen molar-refractivity contribution >= 4 is 113 Å². The Hall–Kier alpha value is -10.4. The van der Waals surface area contributed by atoms with E-state index in [0.717, 1.165) is 25.5 Å². The number of aldehydes is 3. The third kappa shape index (κ3) is 41.6. The standard InChI is InChI=1S/C81H126N16O20S/c1-53(88-77(115)80(7,8)95-74(111)64(94-71(108)61(83-9)32-39-98)43-56-26-25-27-58(42-56)76(113)114)70(107)93-63(44-57-33-41-118-51-57)73(110)92-62(28-19-23-37-85-66(103)30-29-60(50-99)89-68(105)48-87-67(104)46-82)72(109)90-59-31-38-97(49-59)78(116)117-40-24-18-14-12-16-21-35-81(52-100,34-20-15-11-10-13-17-22-36-84-54(2)101)96-75(112)65(45-79(4,5)6)91-69(106)47-86-55(3)102/h10-12,14,25-27,33,39,41-42,50-53,59-65,75,83,96,112H,13,15-24,28-32,34-38,40,43-49,82H2,1-9H3,(H,84,101)(H,85,103)(H,86,102)(H,87,104)(H,88,115)(H,89,105)(H,90,109)(H,91,106)(H,92,110)(H,93,107)(H,94,108)(H,95,111)(H,113,114)/b11-10+,14-12+/t53?,59?,60?,61?,62?,63?,64?,65-,75?,81?/m0/s1. The fourth-order valence-electron chi connectivity index (χ4n) is 12.5. The van der Waals surface area contributed by atoms with E-state index in [4.69, 9.17) is 10.5 Å². The van der Waals surface area contributed by atoms with Crippen LogP contribution < -0.4 is 80.2 Å². The second kappa shape index (κ2) is 54.6. The smallest absolute Gasteiger partial charge is 0.409 e. The van der Waals surface area contributed by atoms with Crippen LogP contribution in [0.15, 0.2) is 65.4 Å². The van der Waals surface area contributed by atoms with Gasteiger partial charge in [0.2, 0.25) is 70.9 Å². The third-order valence-electron chi connectivity index (χ3n) is 19.1. The number of benzene rings is 1. The fourth-order valence-corrected chi connectivity index (χ4v) is 13.2. The molecule has 18 N–H and O–H groups in total. The first-order valence-corrected chi connectivity index (χ1v) is 41.1. The van der Waals surface area contributed by atoms with Crippen LogP contribution in [0.2, 0.25) is 0 Å². The lowest BCUT2D eigenvalue weighted by atomic mass is 9.85. The van der Waals surface area contributed by atoms with Crippen molar-refractivity contribution in [2.45, 2.75) is 256 Å².